The van der Waals surface area contributed by atoms with E-state index in [0.29, 0.717) is 17.8 Å². The molecule has 148 valence electrons. The van der Waals surface area contributed by atoms with E-state index < -0.39 is 0 Å². The number of benzene rings is 3. The highest BCUT2D eigenvalue weighted by molar-refractivity contribution is 8.00. The molecule has 2 N–H and O–H groups in total. The van der Waals surface area contributed by atoms with Gasteiger partial charge in [0.2, 0.25) is 5.91 Å². The number of ether oxygens (including phenoxy) is 1. The maximum Gasteiger partial charge on any atom is 0.253 e. The summed E-state index contributed by atoms with van der Waals surface area (Å²) in [4.78, 5) is 25.9. The Balaban J connectivity index is 1.57. The van der Waals surface area contributed by atoms with Crippen LogP contribution in [0.15, 0.2) is 83.8 Å². The van der Waals surface area contributed by atoms with Crippen molar-refractivity contribution >= 4 is 29.3 Å². The minimum atomic E-state index is -0.229. The van der Waals surface area contributed by atoms with Gasteiger partial charge in [-0.2, -0.15) is 0 Å². The van der Waals surface area contributed by atoms with Gasteiger partial charge in [0.25, 0.3) is 5.91 Å². The maximum absolute atomic E-state index is 12.6. The molecule has 0 unspecified atom stereocenters. The molecular formula is C23H22N2O3S. The molecule has 3 aromatic rings. The summed E-state index contributed by atoms with van der Waals surface area (Å²) in [7, 11) is 1.61. The van der Waals surface area contributed by atoms with Gasteiger partial charge in [0.05, 0.1) is 24.1 Å². The second-order valence-electron chi connectivity index (χ2n) is 6.23. The largest absolute Gasteiger partial charge is 0.497 e. The number of carbonyl (C=O) groups excluding carboxylic acids is 2. The third kappa shape index (κ3) is 6.12. The van der Waals surface area contributed by atoms with E-state index in [1.54, 1.807) is 31.4 Å². The number of hydrogen-bond acceptors (Lipinski definition) is 4. The molecule has 0 aliphatic rings. The van der Waals surface area contributed by atoms with Crippen molar-refractivity contribution in [3.05, 3.63) is 90.0 Å². The number of anilines is 1. The van der Waals surface area contributed by atoms with Gasteiger partial charge < -0.3 is 15.4 Å². The van der Waals surface area contributed by atoms with Gasteiger partial charge >= 0.3 is 0 Å². The quantitative estimate of drug-likeness (QED) is 0.546. The van der Waals surface area contributed by atoms with Crippen molar-refractivity contribution in [1.82, 2.24) is 5.32 Å². The molecule has 0 aliphatic heterocycles. The van der Waals surface area contributed by atoms with Crippen molar-refractivity contribution in [3.8, 4) is 5.75 Å². The van der Waals surface area contributed by atoms with E-state index >= 15 is 0 Å². The van der Waals surface area contributed by atoms with Crippen LogP contribution < -0.4 is 15.4 Å². The summed E-state index contributed by atoms with van der Waals surface area (Å²) in [5, 5.41) is 5.73. The van der Waals surface area contributed by atoms with Crippen LogP contribution in [0.5, 0.6) is 5.75 Å². The minimum absolute atomic E-state index is 0.172. The second kappa shape index (κ2) is 10.3. The first-order chi connectivity index (χ1) is 14.2. The number of para-hydroxylation sites is 1. The Morgan fingerprint density at radius 3 is 2.31 bits per heavy atom. The molecule has 0 saturated heterocycles. The van der Waals surface area contributed by atoms with Gasteiger partial charge in [-0.1, -0.05) is 42.5 Å². The molecule has 0 aliphatic carbocycles. The van der Waals surface area contributed by atoms with Crippen molar-refractivity contribution < 1.29 is 14.3 Å². The summed E-state index contributed by atoms with van der Waals surface area (Å²) >= 11 is 1.42. The third-order valence-corrected chi connectivity index (χ3v) is 5.18. The van der Waals surface area contributed by atoms with Crippen molar-refractivity contribution in [2.24, 2.45) is 0 Å². The van der Waals surface area contributed by atoms with Crippen LogP contribution >= 0.6 is 11.8 Å². The number of carbonyl (C=O) groups is 2. The Morgan fingerprint density at radius 1 is 0.897 bits per heavy atom. The lowest BCUT2D eigenvalue weighted by atomic mass is 10.1. The zero-order chi connectivity index (χ0) is 20.5. The number of nitrogens with one attached hydrogen (secondary N) is 2. The summed E-state index contributed by atoms with van der Waals surface area (Å²) in [5.74, 6) is 0.614. The monoisotopic (exact) mass is 406 g/mol. The SMILES string of the molecule is COc1ccc(SCC(=O)Nc2ccccc2C(=O)NCc2ccccc2)cc1. The highest BCUT2D eigenvalue weighted by atomic mass is 32.2. The van der Waals surface area contributed by atoms with Crippen LogP contribution in [0, 0.1) is 0 Å². The lowest BCUT2D eigenvalue weighted by Gasteiger charge is -2.11. The van der Waals surface area contributed by atoms with Crippen molar-refractivity contribution in [2.45, 2.75) is 11.4 Å². The second-order valence-corrected chi connectivity index (χ2v) is 7.27. The zero-order valence-corrected chi connectivity index (χ0v) is 16.9. The smallest absolute Gasteiger partial charge is 0.253 e. The van der Waals surface area contributed by atoms with Crippen LogP contribution in [0.1, 0.15) is 15.9 Å². The van der Waals surface area contributed by atoms with Gasteiger partial charge in [-0.25, -0.2) is 0 Å². The summed E-state index contributed by atoms with van der Waals surface area (Å²) in [6, 6.07) is 24.2. The average Bonchev–Trinajstić information content (AvgIpc) is 2.77. The molecular weight excluding hydrogens is 384 g/mol. The molecule has 3 rings (SSSR count). The highest BCUT2D eigenvalue weighted by Gasteiger charge is 2.13. The number of methoxy groups -OCH3 is 1. The maximum atomic E-state index is 12.6. The summed E-state index contributed by atoms with van der Waals surface area (Å²) in [6.45, 7) is 0.426. The van der Waals surface area contributed by atoms with Gasteiger partial charge in [0.15, 0.2) is 0 Å². The molecule has 6 heteroatoms. The van der Waals surface area contributed by atoms with Gasteiger partial charge in [-0.05, 0) is 42.0 Å². The minimum Gasteiger partial charge on any atom is -0.497 e. The van der Waals surface area contributed by atoms with Crippen LogP contribution in [-0.4, -0.2) is 24.7 Å². The Kier molecular flexibility index (Phi) is 7.30. The molecule has 5 nitrogen and oxygen atoms in total. The van der Waals surface area contributed by atoms with Crippen molar-refractivity contribution in [1.29, 1.82) is 0 Å². The van der Waals surface area contributed by atoms with E-state index in [9.17, 15) is 9.59 Å². The molecule has 0 bridgehead atoms. The van der Waals surface area contributed by atoms with E-state index in [4.69, 9.17) is 4.74 Å². The van der Waals surface area contributed by atoms with E-state index in [0.717, 1.165) is 16.2 Å². The fourth-order valence-corrected chi connectivity index (χ4v) is 3.37. The number of amides is 2. The van der Waals surface area contributed by atoms with E-state index in [1.807, 2.05) is 54.6 Å². The van der Waals surface area contributed by atoms with Crippen LogP contribution in [0.2, 0.25) is 0 Å². The van der Waals surface area contributed by atoms with Crippen LogP contribution in [0.4, 0.5) is 5.69 Å². The summed E-state index contributed by atoms with van der Waals surface area (Å²) < 4.78 is 5.13. The first-order valence-corrected chi connectivity index (χ1v) is 10.1. The molecule has 0 spiro atoms. The normalized spacial score (nSPS) is 10.2. The summed E-state index contributed by atoms with van der Waals surface area (Å²) in [5.41, 5.74) is 1.95. The van der Waals surface area contributed by atoms with E-state index in [-0.39, 0.29) is 17.6 Å². The molecule has 29 heavy (non-hydrogen) atoms. The molecule has 0 saturated carbocycles. The van der Waals surface area contributed by atoms with Gasteiger partial charge in [0, 0.05) is 11.4 Å². The van der Waals surface area contributed by atoms with Crippen molar-refractivity contribution in [2.75, 3.05) is 18.2 Å². The average molecular weight is 407 g/mol. The lowest BCUT2D eigenvalue weighted by Crippen LogP contribution is -2.25. The molecule has 0 radical (unpaired) electrons. The van der Waals surface area contributed by atoms with Crippen LogP contribution in [0.3, 0.4) is 0 Å². The molecule has 0 fully saturated rings. The first-order valence-electron chi connectivity index (χ1n) is 9.13. The van der Waals surface area contributed by atoms with Crippen LogP contribution in [-0.2, 0) is 11.3 Å². The summed E-state index contributed by atoms with van der Waals surface area (Å²) in [6.07, 6.45) is 0. The predicted molar refractivity (Wildman–Crippen MR) is 116 cm³/mol. The standard InChI is InChI=1S/C23H22N2O3S/c1-28-18-11-13-19(14-12-18)29-16-22(26)25-21-10-6-5-9-20(21)23(27)24-15-17-7-3-2-4-8-17/h2-14H,15-16H2,1H3,(H,24,27)(H,25,26). The number of rotatable bonds is 8. The Labute approximate surface area is 174 Å². The number of thioether (sulfide) groups is 1. The Morgan fingerprint density at radius 2 is 1.59 bits per heavy atom. The Bertz CT molecular complexity index is 959. The van der Waals surface area contributed by atoms with E-state index in [1.165, 1.54) is 11.8 Å². The molecule has 0 heterocycles. The lowest BCUT2D eigenvalue weighted by molar-refractivity contribution is -0.113. The zero-order valence-electron chi connectivity index (χ0n) is 16.1. The molecule has 2 amide bonds. The molecule has 3 aromatic carbocycles. The van der Waals surface area contributed by atoms with Gasteiger partial charge in [0.1, 0.15) is 5.75 Å². The Hall–Kier alpha value is -3.25. The molecule has 0 atom stereocenters. The fraction of sp³-hybridized carbons (Fsp3) is 0.130. The first kappa shape index (κ1) is 20.5. The predicted octanol–water partition coefficient (Wildman–Crippen LogP) is 4.36. The fourth-order valence-electron chi connectivity index (χ4n) is 2.67. The van der Waals surface area contributed by atoms with Crippen molar-refractivity contribution in [3.63, 3.8) is 0 Å². The topological polar surface area (TPSA) is 67.4 Å². The molecule has 0 aromatic heterocycles. The van der Waals surface area contributed by atoms with E-state index in [2.05, 4.69) is 10.6 Å². The number of hydrogen-bond donors (Lipinski definition) is 2. The van der Waals surface area contributed by atoms with Gasteiger partial charge in [-0.3, -0.25) is 9.59 Å². The highest BCUT2D eigenvalue weighted by Crippen LogP contribution is 2.22. The van der Waals surface area contributed by atoms with Gasteiger partial charge in [-0.15, -0.1) is 11.8 Å². The third-order valence-electron chi connectivity index (χ3n) is 4.17. The van der Waals surface area contributed by atoms with Crippen LogP contribution in [0.25, 0.3) is 0 Å².